The highest BCUT2D eigenvalue weighted by Crippen LogP contribution is 2.08. The van der Waals surface area contributed by atoms with Gasteiger partial charge < -0.3 is 31.8 Å². The Morgan fingerprint density at radius 1 is 0.941 bits per heavy atom. The van der Waals surface area contributed by atoms with E-state index in [2.05, 4.69) is 25.9 Å². The van der Waals surface area contributed by atoms with Gasteiger partial charge in [-0.05, 0) is 18.4 Å². The van der Waals surface area contributed by atoms with Crippen LogP contribution in [0.1, 0.15) is 32.0 Å². The fourth-order valence-corrected chi connectivity index (χ4v) is 3.23. The third kappa shape index (κ3) is 8.00. The summed E-state index contributed by atoms with van der Waals surface area (Å²) in [5.74, 6) is -3.34. The van der Waals surface area contributed by atoms with E-state index in [-0.39, 0.29) is 18.8 Å². The summed E-state index contributed by atoms with van der Waals surface area (Å²) in [4.78, 5) is 56.8. The minimum Gasteiger partial charge on any atom is -0.480 e. The van der Waals surface area contributed by atoms with Crippen molar-refractivity contribution in [1.29, 1.82) is 0 Å². The summed E-state index contributed by atoms with van der Waals surface area (Å²) in [7, 11) is 0. The Morgan fingerprint density at radius 3 is 2.06 bits per heavy atom. The topological polar surface area (TPSA) is 179 Å². The van der Waals surface area contributed by atoms with Crippen LogP contribution in [0, 0.1) is 5.92 Å². The Morgan fingerprint density at radius 2 is 1.53 bits per heavy atom. The van der Waals surface area contributed by atoms with E-state index in [0.29, 0.717) is 5.69 Å². The number of amides is 3. The number of carbonyl (C=O) groups excluding carboxylic acids is 3. The van der Waals surface area contributed by atoms with Crippen molar-refractivity contribution in [2.24, 2.45) is 11.7 Å². The molecule has 1 aromatic heterocycles. The number of nitrogens with zero attached hydrogens (tertiary/aromatic N) is 1. The molecule has 34 heavy (non-hydrogen) atoms. The number of nitrogens with one attached hydrogen (secondary N) is 4. The maximum absolute atomic E-state index is 13.2. The van der Waals surface area contributed by atoms with Crippen LogP contribution >= 0.6 is 0 Å². The average molecular weight is 473 g/mol. The molecule has 0 saturated heterocycles. The Bertz CT molecular complexity index is 961. The first kappa shape index (κ1) is 26.5. The lowest BCUT2D eigenvalue weighted by Gasteiger charge is -2.25. The lowest BCUT2D eigenvalue weighted by atomic mass is 10.0. The molecule has 11 heteroatoms. The van der Waals surface area contributed by atoms with Crippen LogP contribution < -0.4 is 21.7 Å². The summed E-state index contributed by atoms with van der Waals surface area (Å²) in [6.45, 7) is 4.83. The van der Waals surface area contributed by atoms with Gasteiger partial charge in [-0.3, -0.25) is 14.4 Å². The molecule has 0 aliphatic carbocycles. The van der Waals surface area contributed by atoms with Gasteiger partial charge in [-0.1, -0.05) is 44.2 Å². The summed E-state index contributed by atoms with van der Waals surface area (Å²) >= 11 is 0. The van der Waals surface area contributed by atoms with Crippen LogP contribution in [0.2, 0.25) is 0 Å². The second kappa shape index (κ2) is 12.5. The van der Waals surface area contributed by atoms with E-state index in [1.807, 2.05) is 30.3 Å². The number of hydrogen-bond donors (Lipinski definition) is 6. The van der Waals surface area contributed by atoms with Gasteiger partial charge in [0, 0.05) is 24.7 Å². The number of H-pyrrole nitrogens is 1. The Balaban J connectivity index is 2.25. The van der Waals surface area contributed by atoms with Crippen LogP contribution in [-0.4, -0.2) is 62.9 Å². The lowest BCUT2D eigenvalue weighted by Crippen LogP contribution is -2.58. The van der Waals surface area contributed by atoms with E-state index >= 15 is 0 Å². The number of imidazole rings is 1. The Labute approximate surface area is 197 Å². The largest absolute Gasteiger partial charge is 0.480 e. The first-order valence-electron chi connectivity index (χ1n) is 11.0. The molecule has 0 radical (unpaired) electrons. The Hall–Kier alpha value is -3.73. The standard InChI is InChI=1S/C23H32N6O5/c1-13(2)19(23(33)34)29-22(32)18(10-16-11-25-12-26-16)28-21(31)17(27-20(30)14(3)24)9-15-7-5-4-6-8-15/h4-8,11-14,17-19H,9-10,24H2,1-3H3,(H,25,26)(H,27,30)(H,28,31)(H,29,32)(H,33,34). The first-order valence-corrected chi connectivity index (χ1v) is 11.0. The van der Waals surface area contributed by atoms with Gasteiger partial charge in [0.15, 0.2) is 0 Å². The average Bonchev–Trinajstić information content (AvgIpc) is 3.29. The van der Waals surface area contributed by atoms with Crippen LogP contribution in [0.15, 0.2) is 42.9 Å². The van der Waals surface area contributed by atoms with Gasteiger partial charge in [-0.15, -0.1) is 0 Å². The van der Waals surface area contributed by atoms with Crippen molar-refractivity contribution < 1.29 is 24.3 Å². The molecule has 4 atom stereocenters. The molecule has 1 aromatic carbocycles. The first-order chi connectivity index (χ1) is 16.1. The highest BCUT2D eigenvalue weighted by Gasteiger charge is 2.31. The number of rotatable bonds is 12. The van der Waals surface area contributed by atoms with Gasteiger partial charge in [0.25, 0.3) is 0 Å². The third-order valence-electron chi connectivity index (χ3n) is 5.17. The summed E-state index contributed by atoms with van der Waals surface area (Å²) in [6, 6.07) is 4.99. The van der Waals surface area contributed by atoms with Gasteiger partial charge in [0.1, 0.15) is 18.1 Å². The molecule has 4 unspecified atom stereocenters. The van der Waals surface area contributed by atoms with Gasteiger partial charge in [0.2, 0.25) is 17.7 Å². The normalized spacial score (nSPS) is 14.5. The molecule has 3 amide bonds. The van der Waals surface area contributed by atoms with E-state index < -0.39 is 47.9 Å². The number of aliphatic carboxylic acids is 1. The molecule has 0 spiro atoms. The van der Waals surface area contributed by atoms with E-state index in [9.17, 15) is 24.3 Å². The highest BCUT2D eigenvalue weighted by atomic mass is 16.4. The monoisotopic (exact) mass is 472 g/mol. The number of carbonyl (C=O) groups is 4. The molecule has 0 aliphatic rings. The maximum Gasteiger partial charge on any atom is 0.326 e. The van der Waals surface area contributed by atoms with E-state index in [1.54, 1.807) is 13.8 Å². The summed E-state index contributed by atoms with van der Waals surface area (Å²) in [5.41, 5.74) is 7.02. The molecule has 0 bridgehead atoms. The fraction of sp³-hybridized carbons (Fsp3) is 0.435. The summed E-state index contributed by atoms with van der Waals surface area (Å²) in [5, 5.41) is 17.2. The van der Waals surface area contributed by atoms with E-state index in [4.69, 9.17) is 5.73 Å². The zero-order valence-corrected chi connectivity index (χ0v) is 19.4. The second-order valence-electron chi connectivity index (χ2n) is 8.45. The van der Waals surface area contributed by atoms with Gasteiger partial charge >= 0.3 is 5.97 Å². The molecular weight excluding hydrogens is 440 g/mol. The number of carboxylic acids is 1. The number of aromatic amines is 1. The predicted molar refractivity (Wildman–Crippen MR) is 124 cm³/mol. The second-order valence-corrected chi connectivity index (χ2v) is 8.45. The predicted octanol–water partition coefficient (Wildman–Crippen LogP) is -0.263. The Kier molecular flexibility index (Phi) is 9.75. The van der Waals surface area contributed by atoms with E-state index in [1.165, 1.54) is 19.4 Å². The van der Waals surface area contributed by atoms with Crippen molar-refractivity contribution in [3.63, 3.8) is 0 Å². The number of hydrogen-bond acceptors (Lipinski definition) is 6. The van der Waals surface area contributed by atoms with Gasteiger partial charge in [-0.25, -0.2) is 9.78 Å². The molecule has 0 fully saturated rings. The SMILES string of the molecule is CC(N)C(=O)NC(Cc1ccccc1)C(=O)NC(Cc1cnc[nH]1)C(=O)NC(C(=O)O)C(C)C. The smallest absolute Gasteiger partial charge is 0.326 e. The third-order valence-corrected chi connectivity index (χ3v) is 5.17. The lowest BCUT2D eigenvalue weighted by molar-refractivity contribution is -0.143. The number of carboxylic acid groups (broad SMARTS) is 1. The van der Waals surface area contributed by atoms with Crippen LogP contribution in [0.3, 0.4) is 0 Å². The zero-order chi connectivity index (χ0) is 25.3. The van der Waals surface area contributed by atoms with Crippen LogP contribution in [0.25, 0.3) is 0 Å². The van der Waals surface area contributed by atoms with Crippen molar-refractivity contribution in [3.05, 3.63) is 54.1 Å². The molecule has 184 valence electrons. The molecule has 0 saturated carbocycles. The zero-order valence-electron chi connectivity index (χ0n) is 19.4. The maximum atomic E-state index is 13.2. The molecule has 11 nitrogen and oxygen atoms in total. The highest BCUT2D eigenvalue weighted by molar-refractivity contribution is 5.94. The minimum atomic E-state index is -1.18. The molecule has 2 aromatic rings. The van der Waals surface area contributed by atoms with Crippen LogP contribution in [-0.2, 0) is 32.0 Å². The van der Waals surface area contributed by atoms with E-state index in [0.717, 1.165) is 5.56 Å². The van der Waals surface area contributed by atoms with Crippen LogP contribution in [0.4, 0.5) is 0 Å². The van der Waals surface area contributed by atoms with Crippen molar-refractivity contribution in [2.45, 2.75) is 57.8 Å². The molecule has 2 rings (SSSR count). The molecule has 1 heterocycles. The number of benzene rings is 1. The minimum absolute atomic E-state index is 0.0430. The summed E-state index contributed by atoms with van der Waals surface area (Å²) < 4.78 is 0. The summed E-state index contributed by atoms with van der Waals surface area (Å²) in [6.07, 6.45) is 3.15. The molecular formula is C23H32N6O5. The van der Waals surface area contributed by atoms with Crippen molar-refractivity contribution >= 4 is 23.7 Å². The fourth-order valence-electron chi connectivity index (χ4n) is 3.23. The quantitative estimate of drug-likeness (QED) is 0.246. The van der Waals surface area contributed by atoms with Crippen molar-refractivity contribution in [1.82, 2.24) is 25.9 Å². The van der Waals surface area contributed by atoms with Crippen molar-refractivity contribution in [3.8, 4) is 0 Å². The number of nitrogens with two attached hydrogens (primary N) is 1. The van der Waals surface area contributed by atoms with Gasteiger partial charge in [-0.2, -0.15) is 0 Å². The van der Waals surface area contributed by atoms with Crippen LogP contribution in [0.5, 0.6) is 0 Å². The molecule has 0 aliphatic heterocycles. The van der Waals surface area contributed by atoms with Crippen molar-refractivity contribution in [2.75, 3.05) is 0 Å². The number of aromatic nitrogens is 2. The van der Waals surface area contributed by atoms with Gasteiger partial charge in [0.05, 0.1) is 12.4 Å². The molecule has 7 N–H and O–H groups in total.